The molecule has 0 aliphatic carbocycles. The molecule has 1 amide bonds. The number of hydrogen-bond acceptors (Lipinski definition) is 6. The monoisotopic (exact) mass is 513 g/mol. The molecule has 0 atom stereocenters. The van der Waals surface area contributed by atoms with E-state index >= 15 is 0 Å². The smallest absolute Gasteiger partial charge is 0.250 e. The lowest BCUT2D eigenvalue weighted by Crippen LogP contribution is -2.20. The Kier molecular flexibility index (Phi) is 9.48. The van der Waals surface area contributed by atoms with Crippen molar-refractivity contribution in [3.8, 4) is 22.8 Å². The number of benzene rings is 3. The van der Waals surface area contributed by atoms with Crippen molar-refractivity contribution in [3.63, 3.8) is 0 Å². The lowest BCUT2D eigenvalue weighted by Gasteiger charge is -2.10. The fraction of sp³-hybridized carbons (Fsp3) is 0.241. The summed E-state index contributed by atoms with van der Waals surface area (Å²) in [7, 11) is 0. The molecule has 0 radical (unpaired) electrons. The number of rotatable bonds is 12. The highest BCUT2D eigenvalue weighted by molar-refractivity contribution is 7.99. The van der Waals surface area contributed by atoms with Gasteiger partial charge in [-0.05, 0) is 55.3 Å². The van der Waals surface area contributed by atoms with Gasteiger partial charge in [-0.1, -0.05) is 79.6 Å². The maximum Gasteiger partial charge on any atom is 0.250 e. The summed E-state index contributed by atoms with van der Waals surface area (Å²) >= 11 is 1.31. The van der Waals surface area contributed by atoms with Gasteiger partial charge in [0.25, 0.3) is 5.91 Å². The molecule has 7 nitrogen and oxygen atoms in total. The molecule has 0 bridgehead atoms. The number of para-hydroxylation sites is 1. The van der Waals surface area contributed by atoms with Crippen molar-refractivity contribution >= 4 is 23.9 Å². The lowest BCUT2D eigenvalue weighted by molar-refractivity contribution is -0.118. The second-order valence-corrected chi connectivity index (χ2v) is 9.49. The number of ether oxygens (including phenoxy) is 1. The highest BCUT2D eigenvalue weighted by Gasteiger charge is 2.17. The SMILES string of the molecule is CCCCCOc1ccc(/C=N/NC(=O)CSc2nnc(-c3ccc(C)cc3)n2-c2ccccc2)cc1. The van der Waals surface area contributed by atoms with Gasteiger partial charge in [-0.3, -0.25) is 9.36 Å². The Morgan fingerprint density at radius 3 is 2.49 bits per heavy atom. The van der Waals surface area contributed by atoms with Crippen LogP contribution >= 0.6 is 11.8 Å². The minimum absolute atomic E-state index is 0.154. The first-order valence-corrected chi connectivity index (χ1v) is 13.4. The van der Waals surface area contributed by atoms with Crippen LogP contribution in [0.5, 0.6) is 5.75 Å². The van der Waals surface area contributed by atoms with Crippen LogP contribution in [-0.2, 0) is 4.79 Å². The first kappa shape index (κ1) is 26.2. The number of thioether (sulfide) groups is 1. The van der Waals surface area contributed by atoms with Crippen molar-refractivity contribution in [2.75, 3.05) is 12.4 Å². The Labute approximate surface area is 222 Å². The summed E-state index contributed by atoms with van der Waals surface area (Å²) in [6.07, 6.45) is 5.01. The summed E-state index contributed by atoms with van der Waals surface area (Å²) in [4.78, 5) is 12.5. The van der Waals surface area contributed by atoms with Gasteiger partial charge in [0.15, 0.2) is 11.0 Å². The van der Waals surface area contributed by atoms with Gasteiger partial charge in [-0.2, -0.15) is 5.10 Å². The fourth-order valence-corrected chi connectivity index (χ4v) is 4.34. The van der Waals surface area contributed by atoms with Gasteiger partial charge in [-0.15, -0.1) is 10.2 Å². The number of hydrogen-bond donors (Lipinski definition) is 1. The molecule has 1 heterocycles. The van der Waals surface area contributed by atoms with Crippen LogP contribution in [0.4, 0.5) is 0 Å². The van der Waals surface area contributed by atoms with Gasteiger partial charge in [0.05, 0.1) is 18.6 Å². The molecule has 0 saturated heterocycles. The molecular formula is C29H31N5O2S. The van der Waals surface area contributed by atoms with Gasteiger partial charge in [-0.25, -0.2) is 5.43 Å². The molecule has 8 heteroatoms. The van der Waals surface area contributed by atoms with Gasteiger partial charge >= 0.3 is 0 Å². The summed E-state index contributed by atoms with van der Waals surface area (Å²) < 4.78 is 7.70. The minimum atomic E-state index is -0.225. The predicted molar refractivity (Wildman–Crippen MR) is 149 cm³/mol. The number of unbranched alkanes of at least 4 members (excludes halogenated alkanes) is 2. The van der Waals surface area contributed by atoms with E-state index in [1.165, 1.54) is 30.2 Å². The van der Waals surface area contributed by atoms with Gasteiger partial charge < -0.3 is 4.74 Å². The van der Waals surface area contributed by atoms with E-state index in [0.29, 0.717) is 5.16 Å². The zero-order valence-electron chi connectivity index (χ0n) is 21.1. The minimum Gasteiger partial charge on any atom is -0.494 e. The normalized spacial score (nSPS) is 11.1. The second kappa shape index (κ2) is 13.4. The average molecular weight is 514 g/mol. The largest absolute Gasteiger partial charge is 0.494 e. The Hall–Kier alpha value is -3.91. The molecule has 1 N–H and O–H groups in total. The van der Waals surface area contributed by atoms with E-state index in [0.717, 1.165) is 41.4 Å². The highest BCUT2D eigenvalue weighted by atomic mass is 32.2. The van der Waals surface area contributed by atoms with Crippen molar-refractivity contribution in [2.45, 2.75) is 38.3 Å². The summed E-state index contributed by atoms with van der Waals surface area (Å²) in [6, 6.07) is 25.7. The molecule has 0 saturated carbocycles. The maximum atomic E-state index is 12.5. The first-order valence-electron chi connectivity index (χ1n) is 12.4. The molecule has 1 aromatic heterocycles. The standard InChI is InChI=1S/C29H31N5O2S/c1-3-4-8-19-36-26-17-13-23(14-18-26)20-30-31-27(35)21-37-29-33-32-28(24-15-11-22(2)12-16-24)34(29)25-9-6-5-7-10-25/h5-7,9-18,20H,3-4,8,19,21H2,1-2H3,(H,31,35)/b30-20+. The molecule has 0 unspecified atom stereocenters. The molecule has 4 rings (SSSR count). The second-order valence-electron chi connectivity index (χ2n) is 8.55. The number of nitrogens with one attached hydrogen (secondary N) is 1. The van der Waals surface area contributed by atoms with Gasteiger partial charge in [0.1, 0.15) is 5.75 Å². The molecule has 190 valence electrons. The molecule has 0 fully saturated rings. The predicted octanol–water partition coefficient (Wildman–Crippen LogP) is 6.05. The number of carbonyl (C=O) groups is 1. The van der Waals surface area contributed by atoms with E-state index in [4.69, 9.17) is 4.74 Å². The van der Waals surface area contributed by atoms with E-state index < -0.39 is 0 Å². The zero-order valence-corrected chi connectivity index (χ0v) is 21.9. The van der Waals surface area contributed by atoms with Crippen LogP contribution < -0.4 is 10.2 Å². The van der Waals surface area contributed by atoms with Crippen molar-refractivity contribution in [1.82, 2.24) is 20.2 Å². The third kappa shape index (κ3) is 7.54. The summed E-state index contributed by atoms with van der Waals surface area (Å²) in [6.45, 7) is 4.94. The number of carbonyl (C=O) groups excluding carboxylic acids is 1. The van der Waals surface area contributed by atoms with Gasteiger partial charge in [0, 0.05) is 11.3 Å². The lowest BCUT2D eigenvalue weighted by atomic mass is 10.1. The van der Waals surface area contributed by atoms with Crippen LogP contribution in [0.3, 0.4) is 0 Å². The Bertz CT molecular complexity index is 1300. The van der Waals surface area contributed by atoms with Crippen molar-refractivity contribution in [1.29, 1.82) is 0 Å². The van der Waals surface area contributed by atoms with E-state index in [1.54, 1.807) is 6.21 Å². The first-order chi connectivity index (χ1) is 18.1. The van der Waals surface area contributed by atoms with Crippen molar-refractivity contribution < 1.29 is 9.53 Å². The zero-order chi connectivity index (χ0) is 25.9. The van der Waals surface area contributed by atoms with Crippen LogP contribution in [0, 0.1) is 6.92 Å². The topological polar surface area (TPSA) is 81.4 Å². The van der Waals surface area contributed by atoms with E-state index in [9.17, 15) is 4.79 Å². The van der Waals surface area contributed by atoms with Crippen LogP contribution in [0.1, 0.15) is 37.3 Å². The number of nitrogens with zero attached hydrogens (tertiary/aromatic N) is 4. The van der Waals surface area contributed by atoms with Crippen LogP contribution in [-0.4, -0.2) is 39.2 Å². The van der Waals surface area contributed by atoms with E-state index in [1.807, 2.05) is 90.4 Å². The molecule has 0 aliphatic rings. The van der Waals surface area contributed by atoms with E-state index in [2.05, 4.69) is 27.6 Å². The average Bonchev–Trinajstić information content (AvgIpc) is 3.36. The van der Waals surface area contributed by atoms with E-state index in [-0.39, 0.29) is 11.7 Å². The van der Waals surface area contributed by atoms with Crippen molar-refractivity contribution in [3.05, 3.63) is 90.0 Å². The van der Waals surface area contributed by atoms with Gasteiger partial charge in [0.2, 0.25) is 0 Å². The quantitative estimate of drug-likeness (QED) is 0.108. The number of hydrazone groups is 1. The summed E-state index contributed by atoms with van der Waals surface area (Å²) in [5.41, 5.74) is 6.53. The van der Waals surface area contributed by atoms with Crippen LogP contribution in [0.2, 0.25) is 0 Å². The summed E-state index contributed by atoms with van der Waals surface area (Å²) in [5, 5.41) is 13.5. The number of aryl methyl sites for hydroxylation is 1. The molecule has 37 heavy (non-hydrogen) atoms. The van der Waals surface area contributed by atoms with Crippen LogP contribution in [0.25, 0.3) is 17.1 Å². The number of amides is 1. The molecule has 4 aromatic rings. The maximum absolute atomic E-state index is 12.5. The third-order valence-electron chi connectivity index (χ3n) is 5.59. The van der Waals surface area contributed by atoms with Crippen LogP contribution in [0.15, 0.2) is 89.1 Å². The molecule has 0 spiro atoms. The molecule has 3 aromatic carbocycles. The third-order valence-corrected chi connectivity index (χ3v) is 6.52. The fourth-order valence-electron chi connectivity index (χ4n) is 3.60. The number of aromatic nitrogens is 3. The Morgan fingerprint density at radius 1 is 1.00 bits per heavy atom. The summed E-state index contributed by atoms with van der Waals surface area (Å²) in [5.74, 6) is 1.49. The Morgan fingerprint density at radius 2 is 1.76 bits per heavy atom. The highest BCUT2D eigenvalue weighted by Crippen LogP contribution is 2.28. The van der Waals surface area contributed by atoms with Crippen molar-refractivity contribution in [2.24, 2.45) is 5.10 Å². The molecule has 0 aliphatic heterocycles. The Balaban J connectivity index is 1.36. The molecular weight excluding hydrogens is 482 g/mol.